The van der Waals surface area contributed by atoms with E-state index in [-0.39, 0.29) is 12.5 Å². The Morgan fingerprint density at radius 3 is 2.45 bits per heavy atom. The third-order valence-corrected chi connectivity index (χ3v) is 2.64. The zero-order valence-corrected chi connectivity index (χ0v) is 12.4. The summed E-state index contributed by atoms with van der Waals surface area (Å²) in [4.78, 5) is 11.9. The molecule has 0 aliphatic rings. The first-order chi connectivity index (χ1) is 9.63. The summed E-state index contributed by atoms with van der Waals surface area (Å²) < 4.78 is 10.4. The number of thiocarbonyl (C=S) groups is 1. The van der Waals surface area contributed by atoms with Crippen molar-refractivity contribution in [3.63, 3.8) is 0 Å². The van der Waals surface area contributed by atoms with E-state index in [1.165, 1.54) is 0 Å². The fraction of sp³-hybridized carbons (Fsp3) is 0.429. The number of hydrogen-bond acceptors (Lipinski definition) is 4. The van der Waals surface area contributed by atoms with Gasteiger partial charge in [-0.3, -0.25) is 4.79 Å². The van der Waals surface area contributed by atoms with Crippen LogP contribution in [0.5, 0.6) is 0 Å². The first kappa shape index (κ1) is 16.6. The predicted octanol–water partition coefficient (Wildman–Crippen LogP) is 1.70. The van der Waals surface area contributed by atoms with Crippen molar-refractivity contribution in [2.45, 2.75) is 13.3 Å². The smallest absolute Gasteiger partial charge is 0.250 e. The molecule has 0 aromatic heterocycles. The topological polar surface area (TPSA) is 73.6 Å². The number of carbonyl (C=O) groups excluding carboxylic acids is 1. The van der Waals surface area contributed by atoms with Gasteiger partial charge in [-0.2, -0.15) is 0 Å². The maximum absolute atomic E-state index is 11.6. The third-order valence-electron chi connectivity index (χ3n) is 2.41. The fourth-order valence-corrected chi connectivity index (χ4v) is 1.58. The largest absolute Gasteiger partial charge is 0.389 e. The Bertz CT molecular complexity index is 435. The number of hydrogen-bond donors (Lipinski definition) is 2. The van der Waals surface area contributed by atoms with Crippen LogP contribution in [0, 0.1) is 0 Å². The summed E-state index contributed by atoms with van der Waals surface area (Å²) in [5.41, 5.74) is 6.94. The molecule has 1 aromatic rings. The highest BCUT2D eigenvalue weighted by molar-refractivity contribution is 7.80. The number of nitrogens with two attached hydrogens (primary N) is 1. The zero-order valence-electron chi connectivity index (χ0n) is 11.6. The molecule has 0 aliphatic heterocycles. The van der Waals surface area contributed by atoms with E-state index in [4.69, 9.17) is 27.4 Å². The van der Waals surface area contributed by atoms with Crippen LogP contribution < -0.4 is 11.1 Å². The van der Waals surface area contributed by atoms with Gasteiger partial charge >= 0.3 is 0 Å². The molecule has 0 aliphatic carbocycles. The summed E-state index contributed by atoms with van der Waals surface area (Å²) in [5.74, 6) is -0.205. The van der Waals surface area contributed by atoms with Gasteiger partial charge < -0.3 is 20.5 Å². The van der Waals surface area contributed by atoms with Crippen LogP contribution in [0.25, 0.3) is 0 Å². The molecule has 6 heteroatoms. The first-order valence-electron chi connectivity index (χ1n) is 6.48. The number of carbonyl (C=O) groups is 1. The molecule has 0 atom stereocenters. The van der Waals surface area contributed by atoms with E-state index < -0.39 is 0 Å². The van der Waals surface area contributed by atoms with Crippen molar-refractivity contribution in [3.8, 4) is 0 Å². The van der Waals surface area contributed by atoms with Gasteiger partial charge in [-0.05, 0) is 30.7 Å². The molecule has 1 aromatic carbocycles. The van der Waals surface area contributed by atoms with Gasteiger partial charge in [-0.15, -0.1) is 0 Å². The summed E-state index contributed by atoms with van der Waals surface area (Å²) in [6.45, 7) is 3.67. The highest BCUT2D eigenvalue weighted by Gasteiger charge is 2.03. The Hall–Kier alpha value is -1.50. The van der Waals surface area contributed by atoms with Crippen molar-refractivity contribution in [3.05, 3.63) is 29.8 Å². The van der Waals surface area contributed by atoms with Gasteiger partial charge in [-0.25, -0.2) is 0 Å². The average molecular weight is 296 g/mol. The van der Waals surface area contributed by atoms with Crippen LogP contribution in [0.2, 0.25) is 0 Å². The minimum absolute atomic E-state index is 0.00649. The first-order valence-corrected chi connectivity index (χ1v) is 6.89. The normalized spacial score (nSPS) is 10.2. The highest BCUT2D eigenvalue weighted by atomic mass is 32.1. The Balaban J connectivity index is 2.23. The molecule has 1 amide bonds. The van der Waals surface area contributed by atoms with Crippen molar-refractivity contribution in [2.24, 2.45) is 5.73 Å². The number of amides is 1. The lowest BCUT2D eigenvalue weighted by Gasteiger charge is -2.07. The molecule has 5 nitrogen and oxygen atoms in total. The average Bonchev–Trinajstić information content (AvgIpc) is 2.43. The van der Waals surface area contributed by atoms with Crippen LogP contribution in [0.15, 0.2) is 24.3 Å². The number of rotatable bonds is 9. The van der Waals surface area contributed by atoms with E-state index in [1.54, 1.807) is 24.3 Å². The van der Waals surface area contributed by atoms with Gasteiger partial charge in [-0.1, -0.05) is 19.1 Å². The molecule has 0 unspecified atom stereocenters. The lowest BCUT2D eigenvalue weighted by Crippen LogP contribution is -2.20. The summed E-state index contributed by atoms with van der Waals surface area (Å²) in [7, 11) is 0. The second-order valence-electron chi connectivity index (χ2n) is 4.15. The number of benzene rings is 1. The van der Waals surface area contributed by atoms with E-state index in [0.717, 1.165) is 12.0 Å². The summed E-state index contributed by atoms with van der Waals surface area (Å²) >= 11 is 4.85. The molecule has 0 bridgehead atoms. The lowest BCUT2D eigenvalue weighted by molar-refractivity contribution is -0.121. The van der Waals surface area contributed by atoms with Crippen LogP contribution in [0.1, 0.15) is 18.9 Å². The third kappa shape index (κ3) is 6.60. The van der Waals surface area contributed by atoms with Crippen molar-refractivity contribution < 1.29 is 14.3 Å². The fourth-order valence-electron chi connectivity index (χ4n) is 1.44. The van der Waals surface area contributed by atoms with Gasteiger partial charge in [0, 0.05) is 17.9 Å². The standard InChI is InChI=1S/C14H20N2O3S/c1-2-7-18-8-9-19-10-13(17)16-12-5-3-11(4-6-12)14(15)20/h3-6H,2,7-10H2,1H3,(H2,15,20)(H,16,17). The maximum atomic E-state index is 11.6. The predicted molar refractivity (Wildman–Crippen MR) is 82.9 cm³/mol. The Morgan fingerprint density at radius 2 is 1.85 bits per heavy atom. The lowest BCUT2D eigenvalue weighted by atomic mass is 10.2. The van der Waals surface area contributed by atoms with Gasteiger partial charge in [0.25, 0.3) is 0 Å². The molecule has 20 heavy (non-hydrogen) atoms. The van der Waals surface area contributed by atoms with E-state index in [9.17, 15) is 4.79 Å². The summed E-state index contributed by atoms with van der Waals surface area (Å²) in [6, 6.07) is 7.02. The van der Waals surface area contributed by atoms with Gasteiger partial charge in [0.05, 0.1) is 13.2 Å². The summed E-state index contributed by atoms with van der Waals surface area (Å²) in [5, 5.41) is 2.72. The molecule has 3 N–H and O–H groups in total. The molecule has 110 valence electrons. The minimum Gasteiger partial charge on any atom is -0.389 e. The number of nitrogens with one attached hydrogen (secondary N) is 1. The molecule has 0 saturated carbocycles. The van der Waals surface area contributed by atoms with Crippen molar-refractivity contribution in [1.82, 2.24) is 0 Å². The SMILES string of the molecule is CCCOCCOCC(=O)Nc1ccc(C(N)=S)cc1. The molecule has 0 heterocycles. The van der Waals surface area contributed by atoms with Crippen molar-refractivity contribution in [2.75, 3.05) is 31.7 Å². The Kier molecular flexibility index (Phi) is 7.79. The quantitative estimate of drug-likeness (QED) is 0.536. The number of ether oxygens (including phenoxy) is 2. The molecule has 0 spiro atoms. The number of anilines is 1. The second-order valence-corrected chi connectivity index (χ2v) is 4.59. The van der Waals surface area contributed by atoms with Gasteiger partial charge in [0.15, 0.2) is 0 Å². The molecule has 0 radical (unpaired) electrons. The van der Waals surface area contributed by atoms with Crippen LogP contribution in [0.4, 0.5) is 5.69 Å². The monoisotopic (exact) mass is 296 g/mol. The second kappa shape index (κ2) is 9.41. The van der Waals surface area contributed by atoms with E-state index in [0.29, 0.717) is 30.5 Å². The van der Waals surface area contributed by atoms with Gasteiger partial charge in [0.2, 0.25) is 5.91 Å². The Labute approximate surface area is 124 Å². The van der Waals surface area contributed by atoms with E-state index in [1.807, 2.05) is 6.92 Å². The zero-order chi connectivity index (χ0) is 14.8. The van der Waals surface area contributed by atoms with Crippen molar-refractivity contribution >= 4 is 28.8 Å². The van der Waals surface area contributed by atoms with Crippen LogP contribution >= 0.6 is 12.2 Å². The van der Waals surface area contributed by atoms with Crippen LogP contribution in [0.3, 0.4) is 0 Å². The van der Waals surface area contributed by atoms with Crippen LogP contribution in [-0.4, -0.2) is 37.3 Å². The minimum atomic E-state index is -0.205. The molecule has 0 fully saturated rings. The molecule has 1 rings (SSSR count). The van der Waals surface area contributed by atoms with Crippen molar-refractivity contribution in [1.29, 1.82) is 0 Å². The van der Waals surface area contributed by atoms with Crippen LogP contribution in [-0.2, 0) is 14.3 Å². The molecular formula is C14H20N2O3S. The van der Waals surface area contributed by atoms with E-state index >= 15 is 0 Å². The maximum Gasteiger partial charge on any atom is 0.250 e. The molecular weight excluding hydrogens is 276 g/mol. The summed E-state index contributed by atoms with van der Waals surface area (Å²) in [6.07, 6.45) is 0.975. The highest BCUT2D eigenvalue weighted by Crippen LogP contribution is 2.09. The molecule has 0 saturated heterocycles. The van der Waals surface area contributed by atoms with E-state index in [2.05, 4.69) is 5.32 Å². The Morgan fingerprint density at radius 1 is 1.20 bits per heavy atom. The van der Waals surface area contributed by atoms with Gasteiger partial charge in [0.1, 0.15) is 11.6 Å².